The third-order valence-electron chi connectivity index (χ3n) is 1.06. The molecule has 0 unspecified atom stereocenters. The molecule has 1 aromatic heterocycles. The molecule has 0 saturated carbocycles. The highest BCUT2D eigenvalue weighted by Crippen LogP contribution is 2.03. The van der Waals surface area contributed by atoms with Crippen LogP contribution in [0.2, 0.25) is 0 Å². The molecule has 2 N–H and O–H groups in total. The summed E-state index contributed by atoms with van der Waals surface area (Å²) in [5.74, 6) is 2.14. The van der Waals surface area contributed by atoms with Gasteiger partial charge in [0.05, 0.1) is 13.1 Å². The first-order valence-electron chi connectivity index (χ1n) is 3.42. The van der Waals surface area contributed by atoms with Gasteiger partial charge in [-0.15, -0.1) is 6.42 Å². The van der Waals surface area contributed by atoms with Crippen LogP contribution in [0.15, 0.2) is 0 Å². The number of aromatic nitrogens is 3. The summed E-state index contributed by atoms with van der Waals surface area (Å²) in [5, 5.41) is 12.5. The molecule has 1 amide bonds. The predicted molar refractivity (Wildman–Crippen MR) is 48.0 cm³/mol. The van der Waals surface area contributed by atoms with Crippen molar-refractivity contribution in [1.82, 2.24) is 20.1 Å². The molecule has 0 bridgehead atoms. The number of nitrogens with zero attached hydrogens (tertiary/aromatic N) is 3. The second kappa shape index (κ2) is 5.18. The third-order valence-corrected chi connectivity index (χ3v) is 1.57. The number of hydrogen-bond acceptors (Lipinski definition) is 6. The van der Waals surface area contributed by atoms with Crippen LogP contribution in [0.1, 0.15) is 0 Å². The lowest BCUT2D eigenvalue weighted by Gasteiger charge is -1.99. The van der Waals surface area contributed by atoms with Crippen molar-refractivity contribution in [3.8, 4) is 12.3 Å². The highest BCUT2D eigenvalue weighted by molar-refractivity contribution is 7.09. The van der Waals surface area contributed by atoms with Crippen LogP contribution in [0.3, 0.4) is 0 Å². The molecule has 0 spiro atoms. The second-order valence-electron chi connectivity index (χ2n) is 2.02. The van der Waals surface area contributed by atoms with Crippen LogP contribution < -0.4 is 10.6 Å². The van der Waals surface area contributed by atoms with E-state index in [0.717, 1.165) is 11.5 Å². The van der Waals surface area contributed by atoms with Crippen LogP contribution in [-0.2, 0) is 4.79 Å². The van der Waals surface area contributed by atoms with Gasteiger partial charge in [-0.3, -0.25) is 15.4 Å². The number of rotatable bonds is 4. The van der Waals surface area contributed by atoms with Crippen LogP contribution in [0.4, 0.5) is 5.13 Å². The molecule has 0 aliphatic carbocycles. The van der Waals surface area contributed by atoms with Crippen molar-refractivity contribution in [2.75, 3.05) is 18.4 Å². The Morgan fingerprint density at radius 3 is 3.15 bits per heavy atom. The van der Waals surface area contributed by atoms with Gasteiger partial charge >= 0.3 is 0 Å². The third kappa shape index (κ3) is 3.59. The number of amides is 1. The van der Waals surface area contributed by atoms with Gasteiger partial charge in [-0.25, -0.2) is 0 Å². The van der Waals surface area contributed by atoms with Crippen LogP contribution in [-0.4, -0.2) is 33.8 Å². The van der Waals surface area contributed by atoms with Gasteiger partial charge in [0.25, 0.3) is 0 Å². The van der Waals surface area contributed by atoms with Crippen molar-refractivity contribution in [2.45, 2.75) is 0 Å². The highest BCUT2D eigenvalue weighted by Gasteiger charge is 2.03. The lowest BCUT2D eigenvalue weighted by molar-refractivity contribution is -0.115. The summed E-state index contributed by atoms with van der Waals surface area (Å²) in [5.41, 5.74) is 0. The molecule has 0 aliphatic heterocycles. The molecule has 1 heterocycles. The molecule has 0 fully saturated rings. The van der Waals surface area contributed by atoms with E-state index in [1.807, 2.05) is 0 Å². The summed E-state index contributed by atoms with van der Waals surface area (Å²) in [4.78, 5) is 11.1. The molecule has 7 heteroatoms. The SMILES string of the molecule is C#CCNCC(=O)Nc1nnns1. The normalized spacial score (nSPS) is 9.15. The Labute approximate surface area is 78.9 Å². The number of carbonyl (C=O) groups is 1. The molecular weight excluding hydrogens is 190 g/mol. The van der Waals surface area contributed by atoms with Crippen LogP contribution in [0.25, 0.3) is 0 Å². The maximum absolute atomic E-state index is 11.1. The van der Waals surface area contributed by atoms with E-state index in [9.17, 15) is 4.79 Å². The zero-order valence-electron chi connectivity index (χ0n) is 6.65. The number of carbonyl (C=O) groups excluding carboxylic acids is 1. The quantitative estimate of drug-likeness (QED) is 0.482. The van der Waals surface area contributed by atoms with E-state index in [-0.39, 0.29) is 12.5 Å². The molecule has 6 nitrogen and oxygen atoms in total. The molecule has 1 rings (SSSR count). The van der Waals surface area contributed by atoms with Gasteiger partial charge in [-0.1, -0.05) is 15.5 Å². The van der Waals surface area contributed by atoms with E-state index in [2.05, 4.69) is 31.4 Å². The van der Waals surface area contributed by atoms with E-state index in [1.165, 1.54) is 0 Å². The summed E-state index contributed by atoms with van der Waals surface area (Å²) in [6.45, 7) is 0.519. The average Bonchev–Trinajstić information content (AvgIpc) is 2.57. The van der Waals surface area contributed by atoms with Crippen LogP contribution >= 0.6 is 11.5 Å². The Morgan fingerprint density at radius 1 is 1.69 bits per heavy atom. The Kier molecular flexibility index (Phi) is 3.81. The molecule has 0 aliphatic rings. The molecule has 0 aromatic carbocycles. The zero-order valence-corrected chi connectivity index (χ0v) is 7.47. The van der Waals surface area contributed by atoms with Crippen molar-refractivity contribution in [3.05, 3.63) is 0 Å². The number of nitrogens with one attached hydrogen (secondary N) is 2. The molecule has 0 atom stereocenters. The zero-order chi connectivity index (χ0) is 9.52. The van der Waals surface area contributed by atoms with Crippen LogP contribution in [0.5, 0.6) is 0 Å². The molecule has 0 saturated heterocycles. The average molecular weight is 197 g/mol. The Balaban J connectivity index is 2.23. The van der Waals surface area contributed by atoms with Gasteiger partial charge in [-0.2, -0.15) is 0 Å². The smallest absolute Gasteiger partial charge is 0.240 e. The monoisotopic (exact) mass is 197 g/mol. The first-order chi connectivity index (χ1) is 6.33. The molecule has 0 radical (unpaired) electrons. The van der Waals surface area contributed by atoms with Crippen LogP contribution in [0, 0.1) is 12.3 Å². The summed E-state index contributed by atoms with van der Waals surface area (Å²) >= 11 is 1.02. The fourth-order valence-corrected chi connectivity index (χ4v) is 0.976. The van der Waals surface area contributed by atoms with Gasteiger partial charge < -0.3 is 0 Å². The van der Waals surface area contributed by atoms with E-state index >= 15 is 0 Å². The number of terminal acetylenes is 1. The van der Waals surface area contributed by atoms with Gasteiger partial charge in [0, 0.05) is 11.5 Å². The minimum Gasteiger partial charge on any atom is -0.298 e. The maximum atomic E-state index is 11.1. The maximum Gasteiger partial charge on any atom is 0.240 e. The summed E-state index contributed by atoms with van der Waals surface area (Å²) in [6.07, 6.45) is 4.98. The number of anilines is 1. The predicted octanol–water partition coefficient (Wildman–Crippen LogP) is -0.906. The van der Waals surface area contributed by atoms with E-state index < -0.39 is 0 Å². The fourth-order valence-electron chi connectivity index (χ4n) is 0.594. The van der Waals surface area contributed by atoms with E-state index in [4.69, 9.17) is 6.42 Å². The van der Waals surface area contributed by atoms with Crippen molar-refractivity contribution in [2.24, 2.45) is 0 Å². The molecular formula is C6H7N5OS. The Morgan fingerprint density at radius 2 is 2.54 bits per heavy atom. The van der Waals surface area contributed by atoms with E-state index in [1.54, 1.807) is 0 Å². The standard InChI is InChI=1S/C6H7N5OS/c1-2-3-7-4-5(12)8-6-9-10-11-13-6/h1,7H,3-4H2,(H,8,9,11,12). The summed E-state index contributed by atoms with van der Waals surface area (Å²) < 4.78 is 3.48. The minimum absolute atomic E-state index is 0.157. The van der Waals surface area contributed by atoms with Crippen molar-refractivity contribution in [3.63, 3.8) is 0 Å². The minimum atomic E-state index is -0.214. The topological polar surface area (TPSA) is 79.8 Å². The van der Waals surface area contributed by atoms with E-state index in [0.29, 0.717) is 11.7 Å². The lowest BCUT2D eigenvalue weighted by atomic mass is 10.5. The highest BCUT2D eigenvalue weighted by atomic mass is 32.1. The van der Waals surface area contributed by atoms with Crippen molar-refractivity contribution in [1.29, 1.82) is 0 Å². The number of hydrogen-bond donors (Lipinski definition) is 2. The largest absolute Gasteiger partial charge is 0.298 e. The molecule has 13 heavy (non-hydrogen) atoms. The first-order valence-corrected chi connectivity index (χ1v) is 4.19. The molecule has 68 valence electrons. The van der Waals surface area contributed by atoms with Gasteiger partial charge in [0.2, 0.25) is 11.0 Å². The van der Waals surface area contributed by atoms with Gasteiger partial charge in [0.1, 0.15) is 0 Å². The molecule has 1 aromatic rings. The van der Waals surface area contributed by atoms with Gasteiger partial charge in [-0.05, 0) is 5.21 Å². The Hall–Kier alpha value is -1.52. The van der Waals surface area contributed by atoms with Crippen molar-refractivity contribution < 1.29 is 4.79 Å². The lowest BCUT2D eigenvalue weighted by Crippen LogP contribution is -2.28. The first kappa shape index (κ1) is 9.57. The fraction of sp³-hybridized carbons (Fsp3) is 0.333. The second-order valence-corrected chi connectivity index (χ2v) is 2.76. The summed E-state index contributed by atoms with van der Waals surface area (Å²) in [6, 6.07) is 0. The summed E-state index contributed by atoms with van der Waals surface area (Å²) in [7, 11) is 0. The van der Waals surface area contributed by atoms with Gasteiger partial charge in [0.15, 0.2) is 0 Å². The van der Waals surface area contributed by atoms with Crippen molar-refractivity contribution >= 4 is 22.6 Å². The Bertz CT molecular complexity index is 303.